The standard InChI is InChI=1S/C59H82O19.C28H44N2O4/c1-24-10-32-13-34-33-12-30(6-8-36(24)65-32)64-38(27(33)4)15-41-51(72-47(63)14-31-7-9-37-52(66-31)56-55-54(68-37)53-45(71-55)22-59(34,77-53)78-56)28(5)50-42(67-41)17-40-44(70-50)20-58(73-40)21-46-49(76-58)26(3)19-57(75-46)18-25(2)48-43(74-57)16-39(69-48)35(62)11-29(61)23-60;1-18(2)22(16-19(3)26(33)34)30(10)25(32)21(27(4,5)6)17-23(31)24(29-9)28(7,8)20-14-12-11-13-15-20/h25-26,28-46,48-56,60-62H,1,4,6-23H2,2-3,5H3;11-16,18,21-22,24,29H,17H2,1-10H3,(H,33,34)/b;19-16+/t25?,26?,28?,29?,30?,31?,32-,33?,34?,35?,36?,37+,38?,39+,40?,41+,42-,43+,44?,45?,46+,48+,49+,50?,51?,52?,53+,54+,55?,56+,57-,58?,59-;21-,22-,24+/m11/s1. The molecule has 19 unspecified atom stereocenters. The van der Waals surface area contributed by atoms with Gasteiger partial charge in [0, 0.05) is 100.0 Å². The molecule has 36 atom stereocenters. The Balaban J connectivity index is 0.000000237. The number of hydrogen-bond acceptors (Lipinski definition) is 23. The number of carbonyl (C=O) groups excluding carboxylic acids is 3. The van der Waals surface area contributed by atoms with E-state index in [9.17, 15) is 39.6 Å². The number of ether oxygens (including phenoxy) is 15. The van der Waals surface area contributed by atoms with Crippen molar-refractivity contribution in [2.75, 3.05) is 20.7 Å². The molecule has 17 aliphatic heterocycles. The average molecular weight is 1570 g/mol. The van der Waals surface area contributed by atoms with Gasteiger partial charge in [0.25, 0.3) is 0 Å². The molecule has 13 bridgehead atoms. The van der Waals surface area contributed by atoms with Crippen LogP contribution in [-0.4, -0.2) is 252 Å². The summed E-state index contributed by atoms with van der Waals surface area (Å²) < 4.78 is 105. The number of carboxylic acid groups (broad SMARTS) is 1. The highest BCUT2D eigenvalue weighted by molar-refractivity contribution is 5.91. The molecule has 112 heavy (non-hydrogen) atoms. The topological polar surface area (TPSA) is 303 Å². The van der Waals surface area contributed by atoms with E-state index in [2.05, 4.69) is 32.7 Å². The summed E-state index contributed by atoms with van der Waals surface area (Å²) in [6, 6.07) is 9.06. The number of benzene rings is 1. The van der Waals surface area contributed by atoms with Crippen LogP contribution in [-0.2, 0) is 95.6 Å². The Hall–Kier alpha value is -4.20. The number of likely N-dealkylation sites (N-methyl/N-ethyl adjacent to an activating group) is 2. The average Bonchev–Trinajstić information content (AvgIpc) is 1.54. The zero-order valence-electron chi connectivity index (χ0n) is 67.9. The smallest absolute Gasteiger partial charge is 0.331 e. The molecule has 17 fully saturated rings. The number of nitrogens with zero attached hydrogens (tertiary/aromatic N) is 1. The maximum absolute atomic E-state index is 14.5. The Bertz CT molecular complexity index is 3680. The Morgan fingerprint density at radius 2 is 1.29 bits per heavy atom. The van der Waals surface area contributed by atoms with Crippen molar-refractivity contribution in [1.82, 2.24) is 10.2 Å². The zero-order chi connectivity index (χ0) is 79.3. The number of ketones is 1. The summed E-state index contributed by atoms with van der Waals surface area (Å²) in [5.41, 5.74) is 2.44. The molecule has 17 heterocycles. The molecule has 25 nitrogen and oxygen atoms in total. The molecule has 0 aromatic heterocycles. The van der Waals surface area contributed by atoms with Gasteiger partial charge in [0.1, 0.15) is 36.6 Å². The summed E-state index contributed by atoms with van der Waals surface area (Å²) in [5.74, 6) is -5.02. The summed E-state index contributed by atoms with van der Waals surface area (Å²) in [6.45, 7) is 30.9. The van der Waals surface area contributed by atoms with E-state index in [-0.39, 0.29) is 182 Å². The Morgan fingerprint density at radius 3 is 2.02 bits per heavy atom. The van der Waals surface area contributed by atoms with Crippen LogP contribution in [0, 0.1) is 46.8 Å². The molecule has 17 aliphatic rings. The molecule has 0 radical (unpaired) electrons. The summed E-state index contributed by atoms with van der Waals surface area (Å²) >= 11 is 0. The maximum atomic E-state index is 14.5. The highest BCUT2D eigenvalue weighted by Crippen LogP contribution is 2.61. The van der Waals surface area contributed by atoms with Gasteiger partial charge in [0.15, 0.2) is 23.1 Å². The second-order valence-electron chi connectivity index (χ2n) is 38.7. The highest BCUT2D eigenvalue weighted by Gasteiger charge is 2.72. The van der Waals surface area contributed by atoms with Gasteiger partial charge in [-0.25, -0.2) is 4.79 Å². The SMILES string of the molecule is C=C1C[C@@H]2CC3C4CC(CCC1O2)OC(C[C@@H]1O[C@@H]2CC5OC6(CC5OC2C(C)C1OC(=O)CC1CC[C@@H]2O[C@@H]5C7OC8C[C@]3(O[C@H]7C2O1)O[C@@H]85)C[C@@H]1O[C@]2(CC(C)[C@@H]3O[C@H](C(O)CC(O)CO)C[C@@H]3O2)CC(C)[C@@H]1O6)C4=C.CN[C@@H](C(=O)C[C@H](C(=O)N(C)[C@H](/C=C(\C)C(=O)O)C(C)C)C(C)(C)C)C(C)(C)c1ccccc1. The van der Waals surface area contributed by atoms with E-state index in [1.807, 2.05) is 78.8 Å². The lowest BCUT2D eigenvalue weighted by molar-refractivity contribution is -0.347. The van der Waals surface area contributed by atoms with Gasteiger partial charge in [-0.1, -0.05) is 119 Å². The van der Waals surface area contributed by atoms with Gasteiger partial charge in [0.05, 0.1) is 141 Å². The molecule has 0 saturated carbocycles. The molecule has 1 aromatic rings. The van der Waals surface area contributed by atoms with E-state index in [1.165, 1.54) is 6.92 Å². The van der Waals surface area contributed by atoms with Crippen LogP contribution in [0.5, 0.6) is 0 Å². The van der Waals surface area contributed by atoms with Crippen molar-refractivity contribution in [2.24, 2.45) is 46.8 Å². The van der Waals surface area contributed by atoms with Crippen LogP contribution in [0.1, 0.15) is 197 Å². The van der Waals surface area contributed by atoms with Crippen LogP contribution in [0.3, 0.4) is 0 Å². The summed E-state index contributed by atoms with van der Waals surface area (Å²) in [5, 5.41) is 42.9. The molecule has 622 valence electrons. The number of aliphatic hydroxyl groups excluding tert-OH is 3. The molecule has 17 saturated heterocycles. The van der Waals surface area contributed by atoms with Gasteiger partial charge in [-0.3, -0.25) is 14.4 Å². The minimum Gasteiger partial charge on any atom is -0.478 e. The van der Waals surface area contributed by atoms with Gasteiger partial charge in [0.2, 0.25) is 5.91 Å². The first kappa shape index (κ1) is 81.5. The van der Waals surface area contributed by atoms with Crippen molar-refractivity contribution in [3.05, 3.63) is 71.8 Å². The van der Waals surface area contributed by atoms with E-state index in [4.69, 9.17) is 77.6 Å². The lowest BCUT2D eigenvalue weighted by atomic mass is 9.69. The number of aliphatic hydroxyl groups is 3. The van der Waals surface area contributed by atoms with E-state index >= 15 is 0 Å². The van der Waals surface area contributed by atoms with Gasteiger partial charge in [-0.2, -0.15) is 0 Å². The molecule has 0 aliphatic carbocycles. The predicted octanol–water partition coefficient (Wildman–Crippen LogP) is 8.83. The minimum absolute atomic E-state index is 0.0154. The molecule has 18 rings (SSSR count). The van der Waals surface area contributed by atoms with Gasteiger partial charge < -0.3 is 102 Å². The van der Waals surface area contributed by atoms with Crippen molar-refractivity contribution >= 4 is 23.6 Å². The van der Waals surface area contributed by atoms with E-state index in [0.29, 0.717) is 64.2 Å². The van der Waals surface area contributed by atoms with Crippen LogP contribution in [0.2, 0.25) is 0 Å². The third-order valence-electron chi connectivity index (χ3n) is 29.2. The summed E-state index contributed by atoms with van der Waals surface area (Å²) in [7, 11) is 3.48. The van der Waals surface area contributed by atoms with Crippen molar-refractivity contribution < 1.29 is 111 Å². The third kappa shape index (κ3) is 15.2. The molecule has 3 spiro atoms. The second kappa shape index (κ2) is 31.2. The van der Waals surface area contributed by atoms with Crippen LogP contribution in [0.25, 0.3) is 0 Å². The van der Waals surface area contributed by atoms with Crippen LogP contribution < -0.4 is 5.32 Å². The number of amides is 1. The van der Waals surface area contributed by atoms with Crippen molar-refractivity contribution in [3.8, 4) is 0 Å². The highest BCUT2D eigenvalue weighted by atomic mass is 16.8. The van der Waals surface area contributed by atoms with Gasteiger partial charge >= 0.3 is 11.9 Å². The maximum Gasteiger partial charge on any atom is 0.331 e. The van der Waals surface area contributed by atoms with Crippen LogP contribution in [0.15, 0.2) is 66.3 Å². The van der Waals surface area contributed by atoms with Crippen LogP contribution in [0.4, 0.5) is 0 Å². The number of aliphatic carboxylic acids is 1. The predicted molar refractivity (Wildman–Crippen MR) is 405 cm³/mol. The zero-order valence-corrected chi connectivity index (χ0v) is 67.9. The minimum atomic E-state index is -1.02. The fraction of sp³-hybridized carbons (Fsp3) is 0.816. The Morgan fingerprint density at radius 1 is 0.634 bits per heavy atom. The Labute approximate surface area is 660 Å². The molecular formula is C87H126N2O23. The number of rotatable bonds is 15. The molecule has 5 N–H and O–H groups in total. The van der Waals surface area contributed by atoms with Gasteiger partial charge in [-0.15, -0.1) is 0 Å². The summed E-state index contributed by atoms with van der Waals surface area (Å²) in [6.07, 6.45) is 2.53. The first-order chi connectivity index (χ1) is 53.1. The fourth-order valence-electron chi connectivity index (χ4n) is 23.5. The van der Waals surface area contributed by atoms with E-state index < -0.39 is 108 Å². The fourth-order valence-corrected chi connectivity index (χ4v) is 23.5. The molecule has 1 amide bonds. The number of Topliss-reactive ketones (excluding diaryl/α,β-unsaturated/α-hetero) is 1. The van der Waals surface area contributed by atoms with E-state index in [0.717, 1.165) is 48.8 Å². The molecular weight excluding hydrogens is 1440 g/mol. The first-order valence-electron chi connectivity index (χ1n) is 42.4. The van der Waals surface area contributed by atoms with Gasteiger partial charge in [-0.05, 0) is 105 Å². The van der Waals surface area contributed by atoms with E-state index in [1.54, 1.807) is 25.1 Å². The van der Waals surface area contributed by atoms with Crippen molar-refractivity contribution in [2.45, 2.75) is 379 Å². The number of fused-ring (bicyclic) bond motifs is 10. The second-order valence-corrected chi connectivity index (χ2v) is 38.7. The largest absolute Gasteiger partial charge is 0.478 e. The normalized spacial score (nSPS) is 45.8. The third-order valence-corrected chi connectivity index (χ3v) is 29.2. The molecule has 1 aromatic carbocycles. The molecule has 25 heteroatoms. The monoisotopic (exact) mass is 1570 g/mol. The lowest BCUT2D eigenvalue weighted by Crippen LogP contribution is -2.63. The number of hydrogen-bond donors (Lipinski definition) is 5. The van der Waals surface area contributed by atoms with Crippen LogP contribution >= 0.6 is 0 Å². The first-order valence-corrected chi connectivity index (χ1v) is 42.4. The number of carbonyl (C=O) groups is 4. The lowest BCUT2D eigenvalue weighted by Gasteiger charge is -2.52. The van der Waals surface area contributed by atoms with Crippen molar-refractivity contribution in [3.63, 3.8) is 0 Å². The van der Waals surface area contributed by atoms with Crippen molar-refractivity contribution in [1.29, 1.82) is 0 Å². The number of carboxylic acids is 1. The number of esters is 1. The Kier molecular flexibility index (Phi) is 22.7. The summed E-state index contributed by atoms with van der Waals surface area (Å²) in [4.78, 5) is 54.9. The quantitative estimate of drug-likeness (QED) is 0.0622. The number of nitrogens with one attached hydrogen (secondary N) is 1.